The van der Waals surface area contributed by atoms with E-state index >= 15 is 0 Å². The number of carbonyl (C=O) groups is 1. The van der Waals surface area contributed by atoms with Gasteiger partial charge in [0.15, 0.2) is 0 Å². The Morgan fingerprint density at radius 1 is 1.37 bits per heavy atom. The van der Waals surface area contributed by atoms with E-state index in [1.807, 2.05) is 0 Å². The summed E-state index contributed by atoms with van der Waals surface area (Å²) in [5, 5.41) is 8.70. The number of hydrogen-bond donors (Lipinski definition) is 1. The molecule has 3 nitrogen and oxygen atoms in total. The molecule has 1 rings (SSSR count). The van der Waals surface area contributed by atoms with Crippen LogP contribution < -0.4 is 0 Å². The molecule has 0 fully saturated rings. The first-order valence-electron chi connectivity index (χ1n) is 5.47. The van der Waals surface area contributed by atoms with Crippen molar-refractivity contribution in [1.29, 1.82) is 0 Å². The van der Waals surface area contributed by atoms with Crippen LogP contribution in [0.3, 0.4) is 0 Å². The number of nitrogens with zero attached hydrogens (tertiary/aromatic N) is 1. The minimum absolute atomic E-state index is 0.373. The monoisotopic (exact) mass is 279 g/mol. The van der Waals surface area contributed by atoms with E-state index in [9.17, 15) is 22.4 Å². The average Bonchev–Trinajstić information content (AvgIpc) is 2.29. The van der Waals surface area contributed by atoms with Gasteiger partial charge < -0.3 is 10.0 Å². The van der Waals surface area contributed by atoms with E-state index in [-0.39, 0.29) is 0 Å². The zero-order chi connectivity index (χ0) is 14.6. The van der Waals surface area contributed by atoms with Gasteiger partial charge in [0.1, 0.15) is 12.4 Å². The van der Waals surface area contributed by atoms with Crippen LogP contribution in [0.1, 0.15) is 15.9 Å². The molecule has 19 heavy (non-hydrogen) atoms. The van der Waals surface area contributed by atoms with E-state index in [0.717, 1.165) is 6.07 Å². The molecule has 0 unspecified atom stereocenters. The van der Waals surface area contributed by atoms with Gasteiger partial charge in [-0.05, 0) is 19.1 Å². The van der Waals surface area contributed by atoms with Crippen LogP contribution in [-0.2, 0) is 0 Å². The fourth-order valence-electron chi connectivity index (χ4n) is 1.56. The summed E-state index contributed by atoms with van der Waals surface area (Å²) in [6, 6.07) is 3.61. The Morgan fingerprint density at radius 2 is 2.00 bits per heavy atom. The topological polar surface area (TPSA) is 40.5 Å². The SMILES string of the molecule is Cc1ccc(F)c(C(=O)N(CCO)CC(F)(F)F)c1. The molecule has 1 aromatic rings. The smallest absolute Gasteiger partial charge is 0.395 e. The number of rotatable bonds is 4. The molecule has 0 aliphatic rings. The molecule has 0 bridgehead atoms. The number of halogens is 4. The van der Waals surface area contributed by atoms with Gasteiger partial charge >= 0.3 is 6.18 Å². The van der Waals surface area contributed by atoms with Gasteiger partial charge in [-0.3, -0.25) is 4.79 Å². The molecular formula is C12H13F4NO2. The second-order valence-corrected chi connectivity index (χ2v) is 4.05. The van der Waals surface area contributed by atoms with Crippen LogP contribution in [-0.4, -0.2) is 41.8 Å². The van der Waals surface area contributed by atoms with Crippen molar-refractivity contribution in [3.05, 3.63) is 35.1 Å². The minimum atomic E-state index is -4.61. The molecular weight excluding hydrogens is 266 g/mol. The lowest BCUT2D eigenvalue weighted by molar-refractivity contribution is -0.141. The van der Waals surface area contributed by atoms with Gasteiger partial charge in [0.2, 0.25) is 0 Å². The fraction of sp³-hybridized carbons (Fsp3) is 0.417. The normalized spacial score (nSPS) is 11.5. The van der Waals surface area contributed by atoms with Gasteiger partial charge in [-0.25, -0.2) is 4.39 Å². The summed E-state index contributed by atoms with van der Waals surface area (Å²) in [7, 11) is 0. The fourth-order valence-corrected chi connectivity index (χ4v) is 1.56. The average molecular weight is 279 g/mol. The number of alkyl halides is 3. The number of aliphatic hydroxyl groups excluding tert-OH is 1. The Bertz CT molecular complexity index is 460. The Labute approximate surface area is 107 Å². The van der Waals surface area contributed by atoms with Crippen molar-refractivity contribution in [2.45, 2.75) is 13.1 Å². The number of carbonyl (C=O) groups excluding carboxylic acids is 1. The van der Waals surface area contributed by atoms with Crippen molar-refractivity contribution in [2.24, 2.45) is 0 Å². The summed E-state index contributed by atoms with van der Waals surface area (Å²) in [4.78, 5) is 12.2. The molecule has 0 atom stereocenters. The van der Waals surface area contributed by atoms with Crippen molar-refractivity contribution in [3.8, 4) is 0 Å². The Kier molecular flexibility index (Phi) is 4.88. The van der Waals surface area contributed by atoms with Crippen LogP contribution in [0.25, 0.3) is 0 Å². The van der Waals surface area contributed by atoms with Crippen molar-refractivity contribution in [2.75, 3.05) is 19.7 Å². The molecule has 0 aromatic heterocycles. The van der Waals surface area contributed by atoms with Crippen LogP contribution in [0.2, 0.25) is 0 Å². The van der Waals surface area contributed by atoms with E-state index in [4.69, 9.17) is 5.11 Å². The van der Waals surface area contributed by atoms with Crippen LogP contribution >= 0.6 is 0 Å². The maximum atomic E-state index is 13.5. The first kappa shape index (κ1) is 15.4. The molecule has 0 aliphatic carbocycles. The predicted molar refractivity (Wildman–Crippen MR) is 60.2 cm³/mol. The summed E-state index contributed by atoms with van der Waals surface area (Å²) in [5.41, 5.74) is 0.124. The summed E-state index contributed by atoms with van der Waals surface area (Å²) >= 11 is 0. The molecule has 0 aliphatic heterocycles. The van der Waals surface area contributed by atoms with Gasteiger partial charge in [-0.2, -0.15) is 13.2 Å². The van der Waals surface area contributed by atoms with Crippen molar-refractivity contribution in [3.63, 3.8) is 0 Å². The van der Waals surface area contributed by atoms with Gasteiger partial charge in [-0.15, -0.1) is 0 Å². The van der Waals surface area contributed by atoms with Crippen LogP contribution in [0.5, 0.6) is 0 Å². The Morgan fingerprint density at radius 3 is 2.53 bits per heavy atom. The summed E-state index contributed by atoms with van der Waals surface area (Å²) in [6.45, 7) is -1.07. The Balaban J connectivity index is 3.02. The van der Waals surface area contributed by atoms with Gasteiger partial charge in [0.25, 0.3) is 5.91 Å². The number of amides is 1. The quantitative estimate of drug-likeness (QED) is 0.858. The van der Waals surface area contributed by atoms with E-state index in [1.165, 1.54) is 12.1 Å². The van der Waals surface area contributed by atoms with Gasteiger partial charge in [0, 0.05) is 6.54 Å². The van der Waals surface area contributed by atoms with Crippen LogP contribution in [0, 0.1) is 12.7 Å². The molecule has 0 heterocycles. The van der Waals surface area contributed by atoms with Gasteiger partial charge in [0.05, 0.1) is 12.2 Å². The second kappa shape index (κ2) is 6.01. The molecule has 0 saturated heterocycles. The van der Waals surface area contributed by atoms with Crippen LogP contribution in [0.15, 0.2) is 18.2 Å². The molecule has 0 saturated carbocycles. The summed E-state index contributed by atoms with van der Waals surface area (Å²) in [5.74, 6) is -1.98. The number of aliphatic hydroxyl groups is 1. The molecule has 7 heteroatoms. The maximum Gasteiger partial charge on any atom is 0.406 e. The zero-order valence-electron chi connectivity index (χ0n) is 10.2. The molecule has 106 valence electrons. The highest BCUT2D eigenvalue weighted by atomic mass is 19.4. The number of aryl methyl sites for hydroxylation is 1. The third-order valence-corrected chi connectivity index (χ3v) is 2.38. The minimum Gasteiger partial charge on any atom is -0.395 e. The third kappa shape index (κ3) is 4.51. The van der Waals surface area contributed by atoms with Gasteiger partial charge in [-0.1, -0.05) is 11.6 Å². The van der Waals surface area contributed by atoms with E-state index in [2.05, 4.69) is 0 Å². The first-order chi connectivity index (χ1) is 8.74. The predicted octanol–water partition coefficient (Wildman–Crippen LogP) is 2.13. The van der Waals surface area contributed by atoms with E-state index < -0.39 is 43.2 Å². The number of hydrogen-bond acceptors (Lipinski definition) is 2. The molecule has 1 amide bonds. The first-order valence-corrected chi connectivity index (χ1v) is 5.47. The van der Waals surface area contributed by atoms with Crippen molar-refractivity contribution < 1.29 is 27.5 Å². The summed E-state index contributed by atoms with van der Waals surface area (Å²) < 4.78 is 50.4. The molecule has 1 aromatic carbocycles. The number of benzene rings is 1. The van der Waals surface area contributed by atoms with E-state index in [0.29, 0.717) is 10.5 Å². The second-order valence-electron chi connectivity index (χ2n) is 4.05. The molecule has 1 N–H and O–H groups in total. The van der Waals surface area contributed by atoms with E-state index in [1.54, 1.807) is 6.92 Å². The standard InChI is InChI=1S/C12H13F4NO2/c1-8-2-3-10(13)9(6-8)11(19)17(4-5-18)7-12(14,15)16/h2-3,6,18H,4-5,7H2,1H3. The Hall–Kier alpha value is -1.63. The van der Waals surface area contributed by atoms with Crippen LogP contribution in [0.4, 0.5) is 17.6 Å². The highest BCUT2D eigenvalue weighted by Crippen LogP contribution is 2.19. The third-order valence-electron chi connectivity index (χ3n) is 2.38. The zero-order valence-corrected chi connectivity index (χ0v) is 10.2. The maximum absolute atomic E-state index is 13.5. The molecule has 0 radical (unpaired) electrons. The largest absolute Gasteiger partial charge is 0.406 e. The van der Waals surface area contributed by atoms with Crippen molar-refractivity contribution >= 4 is 5.91 Å². The highest BCUT2D eigenvalue weighted by molar-refractivity contribution is 5.94. The lowest BCUT2D eigenvalue weighted by Gasteiger charge is -2.23. The molecule has 0 spiro atoms. The lowest BCUT2D eigenvalue weighted by atomic mass is 10.1. The lowest BCUT2D eigenvalue weighted by Crippen LogP contribution is -2.41. The van der Waals surface area contributed by atoms with Crippen molar-refractivity contribution in [1.82, 2.24) is 4.90 Å². The highest BCUT2D eigenvalue weighted by Gasteiger charge is 2.33. The summed E-state index contributed by atoms with van der Waals surface area (Å²) in [6.07, 6.45) is -4.61.